The van der Waals surface area contributed by atoms with E-state index in [0.29, 0.717) is 10.0 Å². The van der Waals surface area contributed by atoms with Crippen molar-refractivity contribution in [3.63, 3.8) is 0 Å². The van der Waals surface area contributed by atoms with E-state index >= 15 is 0 Å². The van der Waals surface area contributed by atoms with Crippen LogP contribution in [0.2, 0.25) is 10.0 Å². The summed E-state index contributed by atoms with van der Waals surface area (Å²) in [7, 11) is 0. The van der Waals surface area contributed by atoms with E-state index in [1.807, 2.05) is 60.7 Å². The van der Waals surface area contributed by atoms with Crippen LogP contribution >= 0.6 is 35.0 Å². The Kier molecular flexibility index (Phi) is 7.96. The highest BCUT2D eigenvalue weighted by atomic mass is 35.5. The molecule has 0 radical (unpaired) electrons. The molecule has 47 heavy (non-hydrogen) atoms. The predicted octanol–water partition coefficient (Wildman–Crippen LogP) is 12.9. The first kappa shape index (κ1) is 29.5. The normalized spacial score (nSPS) is 11.3. The summed E-state index contributed by atoms with van der Waals surface area (Å²) >= 11 is 15.1. The summed E-state index contributed by atoms with van der Waals surface area (Å²) in [5.74, 6) is 0. The Morgan fingerprint density at radius 3 is 1.09 bits per heavy atom. The number of halogens is 2. The molecule has 0 aliphatic carbocycles. The van der Waals surface area contributed by atoms with E-state index in [1.54, 1.807) is 11.8 Å². The third-order valence-electron chi connectivity index (χ3n) is 8.23. The van der Waals surface area contributed by atoms with Gasteiger partial charge in [0, 0.05) is 52.9 Å². The Morgan fingerprint density at radius 2 is 0.723 bits per heavy atom. The Morgan fingerprint density at radius 1 is 0.383 bits per heavy atom. The van der Waals surface area contributed by atoms with Gasteiger partial charge in [-0.05, 0) is 47.5 Å². The summed E-state index contributed by atoms with van der Waals surface area (Å²) < 4.78 is 0. The lowest BCUT2D eigenvalue weighted by atomic mass is 9.97. The van der Waals surface area contributed by atoms with Crippen molar-refractivity contribution >= 4 is 56.8 Å². The smallest absolute Gasteiger partial charge is 0.0855 e. The Hall–Kier alpha value is -4.93. The van der Waals surface area contributed by atoms with Gasteiger partial charge in [0.05, 0.1) is 22.4 Å². The fourth-order valence-electron chi connectivity index (χ4n) is 6.10. The molecule has 0 spiro atoms. The van der Waals surface area contributed by atoms with Crippen molar-refractivity contribution in [1.29, 1.82) is 0 Å². The second-order valence-electron chi connectivity index (χ2n) is 11.2. The molecule has 0 unspecified atom stereocenters. The SMILES string of the molecule is Clc1ccc2nc(-c3ccccc3)c(Sc3c(-c4ccccc4)nc4ccc(Cl)cc4c3-c3ccccc3)c(-c3ccccc3)c2c1. The average Bonchev–Trinajstić information content (AvgIpc) is 3.12. The molecule has 2 heterocycles. The summed E-state index contributed by atoms with van der Waals surface area (Å²) in [5, 5.41) is 3.31. The average molecular weight is 662 g/mol. The molecule has 0 aliphatic rings. The number of nitrogens with zero attached hydrogens (tertiary/aromatic N) is 2. The van der Waals surface area contributed by atoms with E-state index in [9.17, 15) is 0 Å². The van der Waals surface area contributed by atoms with Crippen LogP contribution in [0, 0.1) is 0 Å². The van der Waals surface area contributed by atoms with Crippen LogP contribution in [-0.2, 0) is 0 Å². The number of hydrogen-bond donors (Lipinski definition) is 0. The maximum Gasteiger partial charge on any atom is 0.0855 e. The fourth-order valence-corrected chi connectivity index (χ4v) is 7.83. The van der Waals surface area contributed by atoms with Gasteiger partial charge in [0.25, 0.3) is 0 Å². The molecule has 224 valence electrons. The second-order valence-corrected chi connectivity index (χ2v) is 13.1. The number of benzene rings is 6. The Bertz CT molecular complexity index is 2210. The molecule has 0 bridgehead atoms. The Balaban J connectivity index is 1.54. The zero-order chi connectivity index (χ0) is 31.7. The third kappa shape index (κ3) is 5.68. The predicted molar refractivity (Wildman–Crippen MR) is 199 cm³/mol. The maximum absolute atomic E-state index is 6.68. The lowest BCUT2D eigenvalue weighted by molar-refractivity contribution is 1.27. The summed E-state index contributed by atoms with van der Waals surface area (Å²) in [5.41, 5.74) is 9.94. The first-order valence-corrected chi connectivity index (χ1v) is 16.9. The molecule has 2 aromatic heterocycles. The standard InChI is InChI=1S/C42H26Cl2N2S/c43-31-21-23-35-33(25-31)37(27-13-5-1-6-14-27)41(39(45-35)29-17-9-3-10-18-29)47-42-38(28-15-7-2-8-16-28)34-26-32(44)22-24-36(34)46-40(42)30-19-11-4-12-20-30/h1-26H. The summed E-state index contributed by atoms with van der Waals surface area (Å²) in [6, 6.07) is 53.7. The summed E-state index contributed by atoms with van der Waals surface area (Å²) in [6.45, 7) is 0. The fraction of sp³-hybridized carbons (Fsp3) is 0. The minimum atomic E-state index is 0.664. The van der Waals surface area contributed by atoms with E-state index < -0.39 is 0 Å². The van der Waals surface area contributed by atoms with Gasteiger partial charge in [0.2, 0.25) is 0 Å². The van der Waals surface area contributed by atoms with Crippen LogP contribution in [0.4, 0.5) is 0 Å². The van der Waals surface area contributed by atoms with Crippen molar-refractivity contribution < 1.29 is 0 Å². The van der Waals surface area contributed by atoms with Gasteiger partial charge in [-0.1, -0.05) is 156 Å². The van der Waals surface area contributed by atoms with Crippen molar-refractivity contribution in [2.45, 2.75) is 9.79 Å². The van der Waals surface area contributed by atoms with Crippen LogP contribution in [0.25, 0.3) is 66.6 Å². The lowest BCUT2D eigenvalue weighted by Gasteiger charge is -2.22. The molecule has 0 saturated heterocycles. The van der Waals surface area contributed by atoms with Gasteiger partial charge >= 0.3 is 0 Å². The van der Waals surface area contributed by atoms with Gasteiger partial charge in [-0.15, -0.1) is 0 Å². The van der Waals surface area contributed by atoms with E-state index in [0.717, 1.165) is 76.4 Å². The van der Waals surface area contributed by atoms with Crippen molar-refractivity contribution in [2.24, 2.45) is 0 Å². The second kappa shape index (κ2) is 12.7. The number of pyridine rings is 2. The van der Waals surface area contributed by atoms with E-state index in [2.05, 4.69) is 97.1 Å². The number of rotatable bonds is 6. The van der Waals surface area contributed by atoms with Crippen LogP contribution in [0.5, 0.6) is 0 Å². The van der Waals surface area contributed by atoms with Crippen LogP contribution in [0.1, 0.15) is 0 Å². The first-order chi connectivity index (χ1) is 23.1. The Labute approximate surface area is 287 Å². The number of hydrogen-bond acceptors (Lipinski definition) is 3. The molecule has 0 N–H and O–H groups in total. The van der Waals surface area contributed by atoms with Crippen LogP contribution < -0.4 is 0 Å². The molecule has 8 aromatic rings. The third-order valence-corrected chi connectivity index (χ3v) is 9.90. The number of fused-ring (bicyclic) bond motifs is 2. The van der Waals surface area contributed by atoms with Crippen molar-refractivity contribution in [2.75, 3.05) is 0 Å². The van der Waals surface area contributed by atoms with E-state index in [1.165, 1.54) is 0 Å². The van der Waals surface area contributed by atoms with Gasteiger partial charge < -0.3 is 0 Å². The highest BCUT2D eigenvalue weighted by Gasteiger charge is 2.25. The van der Waals surface area contributed by atoms with Crippen molar-refractivity contribution in [3.8, 4) is 44.8 Å². The van der Waals surface area contributed by atoms with Gasteiger partial charge in [-0.25, -0.2) is 9.97 Å². The largest absolute Gasteiger partial charge is 0.247 e. The van der Waals surface area contributed by atoms with Crippen molar-refractivity contribution in [1.82, 2.24) is 9.97 Å². The number of aromatic nitrogens is 2. The molecule has 5 heteroatoms. The van der Waals surface area contributed by atoms with Gasteiger partial charge in [-0.3, -0.25) is 0 Å². The minimum absolute atomic E-state index is 0.664. The molecule has 0 aliphatic heterocycles. The molecule has 2 nitrogen and oxygen atoms in total. The van der Waals surface area contributed by atoms with Gasteiger partial charge in [-0.2, -0.15) is 0 Å². The maximum atomic E-state index is 6.68. The van der Waals surface area contributed by atoms with Crippen LogP contribution in [0.15, 0.2) is 168 Å². The lowest BCUT2D eigenvalue weighted by Crippen LogP contribution is -1.99. The quantitative estimate of drug-likeness (QED) is 0.177. The molecular formula is C42H26Cl2N2S. The monoisotopic (exact) mass is 660 g/mol. The van der Waals surface area contributed by atoms with Gasteiger partial charge in [0.15, 0.2) is 0 Å². The molecule has 6 aromatic carbocycles. The van der Waals surface area contributed by atoms with E-state index in [4.69, 9.17) is 33.2 Å². The van der Waals surface area contributed by atoms with Crippen LogP contribution in [0.3, 0.4) is 0 Å². The first-order valence-electron chi connectivity index (χ1n) is 15.3. The van der Waals surface area contributed by atoms with Crippen LogP contribution in [-0.4, -0.2) is 9.97 Å². The van der Waals surface area contributed by atoms with Gasteiger partial charge in [0.1, 0.15) is 0 Å². The zero-order valence-corrected chi connectivity index (χ0v) is 27.4. The summed E-state index contributed by atoms with van der Waals surface area (Å²) in [6.07, 6.45) is 0. The zero-order valence-electron chi connectivity index (χ0n) is 25.1. The molecule has 0 fully saturated rings. The molecule has 0 saturated carbocycles. The topological polar surface area (TPSA) is 25.8 Å². The van der Waals surface area contributed by atoms with Crippen molar-refractivity contribution in [3.05, 3.63) is 168 Å². The summed E-state index contributed by atoms with van der Waals surface area (Å²) in [4.78, 5) is 12.7. The molecule has 8 rings (SSSR count). The molecule has 0 atom stereocenters. The minimum Gasteiger partial charge on any atom is -0.247 e. The molecular weight excluding hydrogens is 635 g/mol. The molecule has 0 amide bonds. The highest BCUT2D eigenvalue weighted by Crippen LogP contribution is 2.51. The van der Waals surface area contributed by atoms with E-state index in [-0.39, 0.29) is 0 Å². The highest BCUT2D eigenvalue weighted by molar-refractivity contribution is 8.00.